The van der Waals surface area contributed by atoms with Gasteiger partial charge in [-0.3, -0.25) is 0 Å². The van der Waals surface area contributed by atoms with Crippen molar-refractivity contribution in [2.45, 2.75) is 32.7 Å². The fourth-order valence-electron chi connectivity index (χ4n) is 1.12. The zero-order valence-electron chi connectivity index (χ0n) is 9.51. The van der Waals surface area contributed by atoms with Crippen molar-refractivity contribution in [1.82, 2.24) is 10.5 Å². The molecule has 0 saturated heterocycles. The van der Waals surface area contributed by atoms with Crippen LogP contribution < -0.4 is 5.32 Å². The lowest BCUT2D eigenvalue weighted by molar-refractivity contribution is -0.146. The van der Waals surface area contributed by atoms with Crippen LogP contribution in [-0.4, -0.2) is 24.5 Å². The number of nitrogens with one attached hydrogen (secondary N) is 1. The summed E-state index contributed by atoms with van der Waals surface area (Å²) in [5, 5.41) is 6.79. The van der Waals surface area contributed by atoms with Gasteiger partial charge in [0.05, 0.1) is 18.7 Å². The number of hydrogen-bond donors (Lipinski definition) is 1. The van der Waals surface area contributed by atoms with Gasteiger partial charge in [-0.2, -0.15) is 13.2 Å². The highest BCUT2D eigenvalue weighted by molar-refractivity contribution is 5.04. The molecule has 1 rings (SSSR count). The van der Waals surface area contributed by atoms with Gasteiger partial charge in [0, 0.05) is 12.6 Å². The first-order chi connectivity index (χ1) is 8.01. The summed E-state index contributed by atoms with van der Waals surface area (Å²) in [5.74, 6) is 0.431. The Kier molecular flexibility index (Phi) is 5.43. The topological polar surface area (TPSA) is 47.3 Å². The lowest BCUT2D eigenvalue weighted by Gasteiger charge is -2.05. The van der Waals surface area contributed by atoms with E-state index < -0.39 is 12.6 Å². The number of rotatable bonds is 7. The maximum Gasteiger partial charge on any atom is 0.391 e. The largest absolute Gasteiger partial charge is 0.391 e. The van der Waals surface area contributed by atoms with Crippen LogP contribution >= 0.6 is 0 Å². The monoisotopic (exact) mass is 252 g/mol. The predicted octanol–water partition coefficient (Wildman–Crippen LogP) is 2.25. The minimum Gasteiger partial charge on any atom is -0.373 e. The van der Waals surface area contributed by atoms with Gasteiger partial charge in [0.25, 0.3) is 0 Å². The van der Waals surface area contributed by atoms with Gasteiger partial charge < -0.3 is 14.6 Å². The molecule has 98 valence electrons. The van der Waals surface area contributed by atoms with E-state index in [0.717, 1.165) is 6.54 Å². The van der Waals surface area contributed by atoms with Crippen molar-refractivity contribution in [2.75, 3.05) is 13.2 Å². The molecule has 1 heterocycles. The fraction of sp³-hybridized carbons (Fsp3) is 0.700. The van der Waals surface area contributed by atoms with Crippen molar-refractivity contribution >= 4 is 0 Å². The third kappa shape index (κ3) is 6.28. The normalized spacial score (nSPS) is 12.0. The molecule has 0 unspecified atom stereocenters. The first-order valence-electron chi connectivity index (χ1n) is 5.31. The third-order valence-corrected chi connectivity index (χ3v) is 1.94. The van der Waals surface area contributed by atoms with Crippen LogP contribution in [0.5, 0.6) is 0 Å². The summed E-state index contributed by atoms with van der Waals surface area (Å²) in [7, 11) is 0. The second-order valence-electron chi connectivity index (χ2n) is 3.48. The number of nitrogens with zero attached hydrogens (tertiary/aromatic N) is 1. The van der Waals surface area contributed by atoms with Crippen molar-refractivity contribution in [3.05, 3.63) is 17.5 Å². The zero-order valence-corrected chi connectivity index (χ0v) is 9.51. The molecule has 4 nitrogen and oxygen atoms in total. The molecule has 1 N–H and O–H groups in total. The van der Waals surface area contributed by atoms with E-state index in [9.17, 15) is 13.2 Å². The summed E-state index contributed by atoms with van der Waals surface area (Å²) < 4.78 is 45.1. The summed E-state index contributed by atoms with van der Waals surface area (Å²) in [6, 6.07) is 1.66. The molecule has 0 aliphatic carbocycles. The van der Waals surface area contributed by atoms with E-state index in [2.05, 4.69) is 10.5 Å². The third-order valence-electron chi connectivity index (χ3n) is 1.94. The van der Waals surface area contributed by atoms with E-state index in [0.29, 0.717) is 18.0 Å². The number of hydrogen-bond acceptors (Lipinski definition) is 4. The SMILES string of the molecule is CCNCc1cc(COCCC(F)(F)F)on1. The van der Waals surface area contributed by atoms with Crippen LogP contribution in [0.3, 0.4) is 0 Å². The smallest absolute Gasteiger partial charge is 0.373 e. The first-order valence-corrected chi connectivity index (χ1v) is 5.31. The second-order valence-corrected chi connectivity index (χ2v) is 3.48. The van der Waals surface area contributed by atoms with Crippen LogP contribution in [-0.2, 0) is 17.9 Å². The number of ether oxygens (including phenoxy) is 1. The molecule has 1 aromatic rings. The quantitative estimate of drug-likeness (QED) is 0.756. The van der Waals surface area contributed by atoms with Crippen LogP contribution in [0.1, 0.15) is 24.8 Å². The first kappa shape index (κ1) is 14.0. The summed E-state index contributed by atoms with van der Waals surface area (Å²) in [4.78, 5) is 0. The predicted molar refractivity (Wildman–Crippen MR) is 54.2 cm³/mol. The Morgan fingerprint density at radius 1 is 1.47 bits per heavy atom. The Hall–Kier alpha value is -1.08. The maximum atomic E-state index is 11.8. The maximum absolute atomic E-state index is 11.8. The molecule has 0 atom stereocenters. The van der Waals surface area contributed by atoms with Gasteiger partial charge in [-0.1, -0.05) is 12.1 Å². The van der Waals surface area contributed by atoms with E-state index in [1.165, 1.54) is 0 Å². The van der Waals surface area contributed by atoms with Crippen LogP contribution in [0.25, 0.3) is 0 Å². The average Bonchev–Trinajstić information content (AvgIpc) is 2.68. The molecule has 0 bridgehead atoms. The lowest BCUT2D eigenvalue weighted by atomic mass is 10.3. The summed E-state index contributed by atoms with van der Waals surface area (Å²) in [5.41, 5.74) is 0.710. The molecular weight excluding hydrogens is 237 g/mol. The molecular formula is C10H15F3N2O2. The molecule has 0 aromatic carbocycles. The highest BCUT2D eigenvalue weighted by atomic mass is 19.4. The highest BCUT2D eigenvalue weighted by Crippen LogP contribution is 2.19. The number of alkyl halides is 3. The molecule has 0 aliphatic heterocycles. The standard InChI is InChI=1S/C10H15F3N2O2/c1-2-14-6-8-5-9(17-15-8)7-16-4-3-10(11,12)13/h5,14H,2-4,6-7H2,1H3. The van der Waals surface area contributed by atoms with Crippen molar-refractivity contribution < 1.29 is 22.4 Å². The van der Waals surface area contributed by atoms with Crippen molar-refractivity contribution in [3.8, 4) is 0 Å². The molecule has 0 aliphatic rings. The van der Waals surface area contributed by atoms with E-state index in [-0.39, 0.29) is 13.2 Å². The van der Waals surface area contributed by atoms with Crippen molar-refractivity contribution in [2.24, 2.45) is 0 Å². The molecule has 0 amide bonds. The van der Waals surface area contributed by atoms with E-state index in [4.69, 9.17) is 9.26 Å². The van der Waals surface area contributed by atoms with E-state index >= 15 is 0 Å². The van der Waals surface area contributed by atoms with Crippen molar-refractivity contribution in [1.29, 1.82) is 0 Å². The van der Waals surface area contributed by atoms with Crippen LogP contribution in [0.4, 0.5) is 13.2 Å². The minimum absolute atomic E-state index is 0.00913. The molecule has 0 spiro atoms. The number of halogens is 3. The molecule has 17 heavy (non-hydrogen) atoms. The summed E-state index contributed by atoms with van der Waals surface area (Å²) >= 11 is 0. The lowest BCUT2D eigenvalue weighted by Crippen LogP contribution is -2.11. The molecule has 1 aromatic heterocycles. The second kappa shape index (κ2) is 6.61. The van der Waals surface area contributed by atoms with Gasteiger partial charge in [0.2, 0.25) is 0 Å². The Morgan fingerprint density at radius 2 is 2.24 bits per heavy atom. The van der Waals surface area contributed by atoms with Gasteiger partial charge in [0.1, 0.15) is 6.61 Å². The Morgan fingerprint density at radius 3 is 2.88 bits per heavy atom. The summed E-state index contributed by atoms with van der Waals surface area (Å²) in [6.07, 6.45) is -5.14. The van der Waals surface area contributed by atoms with Gasteiger partial charge in [-0.15, -0.1) is 0 Å². The highest BCUT2D eigenvalue weighted by Gasteiger charge is 2.26. The Balaban J connectivity index is 2.21. The van der Waals surface area contributed by atoms with Gasteiger partial charge >= 0.3 is 6.18 Å². The average molecular weight is 252 g/mol. The van der Waals surface area contributed by atoms with Crippen LogP contribution in [0, 0.1) is 0 Å². The molecule has 0 saturated carbocycles. The minimum atomic E-state index is -4.18. The Labute approximate surface area is 97.1 Å². The van der Waals surface area contributed by atoms with E-state index in [1.807, 2.05) is 6.92 Å². The summed E-state index contributed by atoms with van der Waals surface area (Å²) in [6.45, 7) is 2.98. The number of aromatic nitrogens is 1. The molecule has 0 fully saturated rings. The fourth-order valence-corrected chi connectivity index (χ4v) is 1.12. The Bertz CT molecular complexity index is 326. The zero-order chi connectivity index (χ0) is 12.7. The van der Waals surface area contributed by atoms with Gasteiger partial charge in [-0.25, -0.2) is 0 Å². The van der Waals surface area contributed by atoms with Crippen LogP contribution in [0.15, 0.2) is 10.6 Å². The molecule has 0 radical (unpaired) electrons. The van der Waals surface area contributed by atoms with Crippen LogP contribution in [0.2, 0.25) is 0 Å². The van der Waals surface area contributed by atoms with Gasteiger partial charge in [-0.05, 0) is 6.54 Å². The van der Waals surface area contributed by atoms with Crippen molar-refractivity contribution in [3.63, 3.8) is 0 Å². The molecule has 7 heteroatoms. The van der Waals surface area contributed by atoms with Gasteiger partial charge in [0.15, 0.2) is 5.76 Å². The van der Waals surface area contributed by atoms with E-state index in [1.54, 1.807) is 6.07 Å².